The number of nitrogens with one attached hydrogen (secondary N) is 2. The molecule has 0 radical (unpaired) electrons. The van der Waals surface area contributed by atoms with E-state index in [0.717, 1.165) is 36.7 Å². The summed E-state index contributed by atoms with van der Waals surface area (Å²) in [5.74, 6) is 0.0929. The minimum Gasteiger partial charge on any atom is -0.325 e. The van der Waals surface area contributed by atoms with Crippen molar-refractivity contribution in [1.29, 1.82) is 0 Å². The molecule has 5 nitrogen and oxygen atoms in total. The lowest BCUT2D eigenvalue weighted by Gasteiger charge is -2.16. The zero-order chi connectivity index (χ0) is 28.7. The number of thiazole rings is 1. The number of rotatable bonds is 10. The molecule has 0 saturated carbocycles. The number of benzene rings is 5. The first-order chi connectivity index (χ1) is 20.6. The maximum absolute atomic E-state index is 12.6. The molecule has 1 heterocycles. The summed E-state index contributed by atoms with van der Waals surface area (Å²) in [5, 5.41) is 8.19. The fraction of sp³-hybridized carbons (Fsp3) is 0.0882. The van der Waals surface area contributed by atoms with E-state index in [4.69, 9.17) is 4.98 Å². The van der Waals surface area contributed by atoms with Gasteiger partial charge in [-0.05, 0) is 52.2 Å². The molecule has 0 bridgehead atoms. The van der Waals surface area contributed by atoms with E-state index >= 15 is 0 Å². The average molecular weight is 606 g/mol. The van der Waals surface area contributed by atoms with Crippen LogP contribution in [0.3, 0.4) is 0 Å². The molecule has 0 unspecified atom stereocenters. The van der Waals surface area contributed by atoms with Gasteiger partial charge in [0.2, 0.25) is 11.8 Å². The Morgan fingerprint density at radius 3 is 1.90 bits per heavy atom. The molecule has 0 atom stereocenters. The molecule has 42 heavy (non-hydrogen) atoms. The number of thioether (sulfide) groups is 2. The highest BCUT2D eigenvalue weighted by Gasteiger charge is 2.18. The summed E-state index contributed by atoms with van der Waals surface area (Å²) in [6.07, 6.45) is 0. The fourth-order valence-corrected chi connectivity index (χ4v) is 7.66. The zero-order valence-corrected chi connectivity index (χ0v) is 25.0. The Morgan fingerprint density at radius 1 is 0.667 bits per heavy atom. The molecule has 0 fully saturated rings. The summed E-state index contributed by atoms with van der Waals surface area (Å²) in [5.41, 5.74) is 4.82. The van der Waals surface area contributed by atoms with Gasteiger partial charge in [-0.2, -0.15) is 0 Å². The van der Waals surface area contributed by atoms with Crippen LogP contribution in [0.5, 0.6) is 0 Å². The molecular formula is C34H27N3O2S3. The van der Waals surface area contributed by atoms with E-state index in [1.807, 2.05) is 72.8 Å². The van der Waals surface area contributed by atoms with E-state index < -0.39 is 0 Å². The van der Waals surface area contributed by atoms with Gasteiger partial charge in [0.25, 0.3) is 0 Å². The summed E-state index contributed by atoms with van der Waals surface area (Å²) >= 11 is 4.64. The van der Waals surface area contributed by atoms with Crippen molar-refractivity contribution in [3.8, 4) is 0 Å². The Morgan fingerprint density at radius 2 is 1.24 bits per heavy atom. The van der Waals surface area contributed by atoms with Crippen molar-refractivity contribution in [2.75, 3.05) is 22.1 Å². The van der Waals surface area contributed by atoms with E-state index in [0.29, 0.717) is 0 Å². The lowest BCUT2D eigenvalue weighted by molar-refractivity contribution is -0.114. The third-order valence-corrected chi connectivity index (χ3v) is 9.93. The molecule has 0 spiro atoms. The zero-order valence-electron chi connectivity index (χ0n) is 22.5. The summed E-state index contributed by atoms with van der Waals surface area (Å²) in [7, 11) is 0. The van der Waals surface area contributed by atoms with Gasteiger partial charge in [-0.3, -0.25) is 9.59 Å². The maximum atomic E-state index is 12.6. The largest absolute Gasteiger partial charge is 0.325 e. The number of amides is 2. The molecule has 2 amide bonds. The summed E-state index contributed by atoms with van der Waals surface area (Å²) in [6.45, 7) is 0. The quantitative estimate of drug-likeness (QED) is 0.153. The molecule has 2 N–H and O–H groups in total. The number of aromatic nitrogens is 1. The lowest BCUT2D eigenvalue weighted by atomic mass is 10.0. The van der Waals surface area contributed by atoms with E-state index in [1.54, 1.807) is 23.1 Å². The molecule has 0 aliphatic rings. The minimum absolute atomic E-state index is 0.127. The van der Waals surface area contributed by atoms with Crippen LogP contribution in [0, 0.1) is 0 Å². The van der Waals surface area contributed by atoms with Crippen molar-refractivity contribution in [3.05, 3.63) is 132 Å². The van der Waals surface area contributed by atoms with Crippen LogP contribution >= 0.6 is 34.9 Å². The number of nitrogens with zero attached hydrogens (tertiary/aromatic N) is 1. The Balaban J connectivity index is 1.04. The van der Waals surface area contributed by atoms with Gasteiger partial charge in [-0.25, -0.2) is 4.98 Å². The number of fused-ring (bicyclic) bond motifs is 2. The van der Waals surface area contributed by atoms with Gasteiger partial charge in [-0.1, -0.05) is 103 Å². The van der Waals surface area contributed by atoms with Crippen LogP contribution in [-0.2, 0) is 9.59 Å². The SMILES string of the molecule is O=C(CSCC(=O)Nc1ccc2nc(SC(c3ccccc3)c3ccccc3)sc2c1)Nc1ccc2ccccc2c1. The molecule has 0 aliphatic carbocycles. The van der Waals surface area contributed by atoms with Crippen molar-refractivity contribution in [2.24, 2.45) is 0 Å². The Bertz CT molecular complexity index is 1800. The van der Waals surface area contributed by atoms with Gasteiger partial charge in [-0.15, -0.1) is 23.1 Å². The molecular weight excluding hydrogens is 579 g/mol. The maximum Gasteiger partial charge on any atom is 0.234 e. The highest BCUT2D eigenvalue weighted by Crippen LogP contribution is 2.43. The van der Waals surface area contributed by atoms with Gasteiger partial charge < -0.3 is 10.6 Å². The predicted molar refractivity (Wildman–Crippen MR) is 179 cm³/mol. The van der Waals surface area contributed by atoms with Crippen LogP contribution in [-0.4, -0.2) is 28.3 Å². The molecule has 1 aromatic heterocycles. The highest BCUT2D eigenvalue weighted by molar-refractivity contribution is 8.01. The van der Waals surface area contributed by atoms with Crippen molar-refractivity contribution in [3.63, 3.8) is 0 Å². The molecule has 5 aromatic carbocycles. The van der Waals surface area contributed by atoms with Crippen molar-refractivity contribution >= 4 is 79.0 Å². The number of hydrogen-bond donors (Lipinski definition) is 2. The number of carbonyl (C=O) groups is 2. The second-order valence-electron chi connectivity index (χ2n) is 9.63. The number of carbonyl (C=O) groups excluding carboxylic acids is 2. The third-order valence-electron chi connectivity index (χ3n) is 6.58. The number of anilines is 2. The Labute approximate surface area is 256 Å². The van der Waals surface area contributed by atoms with Crippen LogP contribution in [0.4, 0.5) is 11.4 Å². The first-order valence-corrected chi connectivity index (χ1v) is 16.3. The highest BCUT2D eigenvalue weighted by atomic mass is 32.2. The normalized spacial score (nSPS) is 11.2. The molecule has 8 heteroatoms. The monoisotopic (exact) mass is 605 g/mol. The topological polar surface area (TPSA) is 71.1 Å². The van der Waals surface area contributed by atoms with Crippen LogP contribution in [0.1, 0.15) is 16.4 Å². The van der Waals surface area contributed by atoms with E-state index in [9.17, 15) is 9.59 Å². The minimum atomic E-state index is -0.148. The van der Waals surface area contributed by atoms with Crippen molar-refractivity contribution in [1.82, 2.24) is 4.98 Å². The van der Waals surface area contributed by atoms with Gasteiger partial charge in [0.15, 0.2) is 4.34 Å². The van der Waals surface area contributed by atoms with Gasteiger partial charge in [0.05, 0.1) is 27.0 Å². The summed E-state index contributed by atoms with van der Waals surface area (Å²) < 4.78 is 1.98. The van der Waals surface area contributed by atoms with E-state index in [2.05, 4.69) is 59.2 Å². The molecule has 208 valence electrons. The summed E-state index contributed by atoms with van der Waals surface area (Å²) in [6, 6.07) is 40.5. The first kappa shape index (κ1) is 28.0. The van der Waals surface area contributed by atoms with Crippen LogP contribution in [0.15, 0.2) is 126 Å². The van der Waals surface area contributed by atoms with Gasteiger partial charge in [0, 0.05) is 11.4 Å². The van der Waals surface area contributed by atoms with Crippen molar-refractivity contribution in [2.45, 2.75) is 9.59 Å². The molecule has 0 saturated heterocycles. The average Bonchev–Trinajstić information content (AvgIpc) is 3.42. The molecule has 6 aromatic rings. The smallest absolute Gasteiger partial charge is 0.234 e. The fourth-order valence-electron chi connectivity index (χ4n) is 4.61. The standard InChI is InChI=1S/C34H27N3O2S3/c38-31(35-27-16-15-23-9-7-8-14-26(23)19-27)21-40-22-32(39)36-28-17-18-29-30(20-28)41-34(37-29)42-33(24-10-3-1-4-11-24)25-12-5-2-6-13-25/h1-20,33H,21-22H2,(H,35,38)(H,36,39). The second-order valence-corrected chi connectivity index (χ2v) is 13.0. The van der Waals surface area contributed by atoms with Crippen LogP contribution < -0.4 is 10.6 Å². The van der Waals surface area contributed by atoms with Crippen LogP contribution in [0.2, 0.25) is 0 Å². The van der Waals surface area contributed by atoms with E-state index in [1.165, 1.54) is 22.9 Å². The predicted octanol–water partition coefficient (Wildman–Crippen LogP) is 8.64. The van der Waals surface area contributed by atoms with Gasteiger partial charge in [0.1, 0.15) is 0 Å². The molecule has 0 aliphatic heterocycles. The number of hydrogen-bond acceptors (Lipinski definition) is 6. The lowest BCUT2D eigenvalue weighted by Crippen LogP contribution is -2.18. The van der Waals surface area contributed by atoms with Gasteiger partial charge >= 0.3 is 0 Å². The molecule has 6 rings (SSSR count). The Kier molecular flexibility index (Phi) is 8.84. The van der Waals surface area contributed by atoms with Crippen LogP contribution in [0.25, 0.3) is 21.0 Å². The summed E-state index contributed by atoms with van der Waals surface area (Å²) in [4.78, 5) is 29.9. The van der Waals surface area contributed by atoms with E-state index in [-0.39, 0.29) is 28.6 Å². The first-order valence-electron chi connectivity index (χ1n) is 13.4. The Hall–Kier alpha value is -4.11. The van der Waals surface area contributed by atoms with Crippen molar-refractivity contribution < 1.29 is 9.59 Å². The second kappa shape index (κ2) is 13.2. The third kappa shape index (κ3) is 7.02.